The Labute approximate surface area is 135 Å². The molecule has 7 heteroatoms. The van der Waals surface area contributed by atoms with E-state index in [-0.39, 0.29) is 24.9 Å². The number of amides is 3. The van der Waals surface area contributed by atoms with Gasteiger partial charge < -0.3 is 10.6 Å². The monoisotopic (exact) mass is 325 g/mol. The van der Waals surface area contributed by atoms with Crippen LogP contribution in [0, 0.1) is 0 Å². The van der Waals surface area contributed by atoms with E-state index in [1.54, 1.807) is 24.3 Å². The summed E-state index contributed by atoms with van der Waals surface area (Å²) in [6.07, 6.45) is 1.03. The Balaban J connectivity index is 0.00000242. The van der Waals surface area contributed by atoms with Gasteiger partial charge in [0.1, 0.15) is 6.54 Å². The summed E-state index contributed by atoms with van der Waals surface area (Å²) in [5.41, 5.74) is 0.722. The minimum Gasteiger partial charge on any atom is -0.353 e. The van der Waals surface area contributed by atoms with E-state index in [0.29, 0.717) is 24.2 Å². The quantitative estimate of drug-likeness (QED) is 0.574. The first-order valence-electron chi connectivity index (χ1n) is 7.07. The molecule has 0 bridgehead atoms. The third kappa shape index (κ3) is 4.05. The minimum absolute atomic E-state index is 0. The van der Waals surface area contributed by atoms with Crippen molar-refractivity contribution < 1.29 is 14.4 Å². The molecule has 1 aromatic carbocycles. The molecule has 0 saturated carbocycles. The lowest BCUT2D eigenvalue weighted by molar-refractivity contribution is -0.121. The fourth-order valence-corrected chi connectivity index (χ4v) is 2.17. The van der Waals surface area contributed by atoms with Crippen LogP contribution in [0.4, 0.5) is 0 Å². The van der Waals surface area contributed by atoms with Crippen LogP contribution in [0.2, 0.25) is 0 Å². The van der Waals surface area contributed by atoms with Gasteiger partial charge in [-0.1, -0.05) is 19.1 Å². The van der Waals surface area contributed by atoms with Crippen molar-refractivity contribution in [2.24, 2.45) is 0 Å². The number of imide groups is 1. The van der Waals surface area contributed by atoms with Gasteiger partial charge in [-0.3, -0.25) is 19.3 Å². The summed E-state index contributed by atoms with van der Waals surface area (Å²) in [6.45, 7) is 3.87. The standard InChI is InChI=1S/C15H19N3O3.ClH/c1-2-7-16-8-9-17-13(19)10-18-14(20)11-5-3-4-6-12(11)15(18)21;/h3-6,16H,2,7-10H2,1H3,(H,17,19);1H. The zero-order chi connectivity index (χ0) is 15.2. The van der Waals surface area contributed by atoms with Crippen molar-refractivity contribution in [1.82, 2.24) is 15.5 Å². The Morgan fingerprint density at radius 1 is 1.05 bits per heavy atom. The predicted molar refractivity (Wildman–Crippen MR) is 85.2 cm³/mol. The van der Waals surface area contributed by atoms with Crippen LogP contribution in [-0.4, -0.2) is 48.8 Å². The van der Waals surface area contributed by atoms with Crippen LogP contribution in [0.5, 0.6) is 0 Å². The maximum absolute atomic E-state index is 12.1. The van der Waals surface area contributed by atoms with Crippen LogP contribution < -0.4 is 10.6 Å². The van der Waals surface area contributed by atoms with Gasteiger partial charge in [-0.2, -0.15) is 0 Å². The van der Waals surface area contributed by atoms with Gasteiger partial charge in [0.05, 0.1) is 11.1 Å². The molecule has 2 N–H and O–H groups in total. The second-order valence-electron chi connectivity index (χ2n) is 4.84. The van der Waals surface area contributed by atoms with E-state index in [9.17, 15) is 14.4 Å². The van der Waals surface area contributed by atoms with Crippen LogP contribution in [0.1, 0.15) is 34.1 Å². The van der Waals surface area contributed by atoms with E-state index in [0.717, 1.165) is 17.9 Å². The summed E-state index contributed by atoms with van der Waals surface area (Å²) in [7, 11) is 0. The number of nitrogens with one attached hydrogen (secondary N) is 2. The SMILES string of the molecule is CCCNCCNC(=O)CN1C(=O)c2ccccc2C1=O.Cl. The number of halogens is 1. The Hall–Kier alpha value is -1.92. The highest BCUT2D eigenvalue weighted by Crippen LogP contribution is 2.21. The van der Waals surface area contributed by atoms with Gasteiger partial charge in [-0.05, 0) is 25.1 Å². The summed E-state index contributed by atoms with van der Waals surface area (Å²) >= 11 is 0. The lowest BCUT2D eigenvalue weighted by atomic mass is 10.1. The van der Waals surface area contributed by atoms with Crippen LogP contribution in [0.25, 0.3) is 0 Å². The molecule has 2 rings (SSSR count). The van der Waals surface area contributed by atoms with Gasteiger partial charge in [0, 0.05) is 13.1 Å². The van der Waals surface area contributed by atoms with Crippen molar-refractivity contribution in [3.63, 3.8) is 0 Å². The largest absolute Gasteiger partial charge is 0.353 e. The molecule has 22 heavy (non-hydrogen) atoms. The van der Waals surface area contributed by atoms with E-state index in [1.807, 2.05) is 0 Å². The maximum atomic E-state index is 12.1. The number of nitrogens with zero attached hydrogens (tertiary/aromatic N) is 1. The fourth-order valence-electron chi connectivity index (χ4n) is 2.17. The Morgan fingerprint density at radius 2 is 1.64 bits per heavy atom. The molecule has 0 radical (unpaired) electrons. The maximum Gasteiger partial charge on any atom is 0.262 e. The van der Waals surface area contributed by atoms with Crippen LogP contribution >= 0.6 is 12.4 Å². The highest BCUT2D eigenvalue weighted by Gasteiger charge is 2.35. The number of carbonyl (C=O) groups excluding carboxylic acids is 3. The molecule has 120 valence electrons. The average molecular weight is 326 g/mol. The second-order valence-corrected chi connectivity index (χ2v) is 4.84. The Morgan fingerprint density at radius 3 is 2.18 bits per heavy atom. The first kappa shape index (κ1) is 18.1. The number of hydrogen-bond acceptors (Lipinski definition) is 4. The molecule has 1 heterocycles. The lowest BCUT2D eigenvalue weighted by Gasteiger charge is -2.13. The van der Waals surface area contributed by atoms with Crippen molar-refractivity contribution >= 4 is 30.1 Å². The van der Waals surface area contributed by atoms with E-state index in [1.165, 1.54) is 0 Å². The van der Waals surface area contributed by atoms with Crippen LogP contribution in [-0.2, 0) is 4.79 Å². The first-order chi connectivity index (χ1) is 10.1. The van der Waals surface area contributed by atoms with Gasteiger partial charge in [0.15, 0.2) is 0 Å². The zero-order valence-electron chi connectivity index (χ0n) is 12.4. The van der Waals surface area contributed by atoms with Gasteiger partial charge in [0.25, 0.3) is 11.8 Å². The molecule has 1 aliphatic heterocycles. The second kappa shape index (κ2) is 8.51. The molecule has 0 fully saturated rings. The van der Waals surface area contributed by atoms with Crippen LogP contribution in [0.3, 0.4) is 0 Å². The molecule has 0 spiro atoms. The van der Waals surface area contributed by atoms with Crippen LogP contribution in [0.15, 0.2) is 24.3 Å². The molecule has 1 aromatic rings. The van der Waals surface area contributed by atoms with Crippen molar-refractivity contribution in [1.29, 1.82) is 0 Å². The highest BCUT2D eigenvalue weighted by molar-refractivity contribution is 6.22. The molecule has 0 aromatic heterocycles. The summed E-state index contributed by atoms with van der Waals surface area (Å²) in [5, 5.41) is 5.84. The van der Waals surface area contributed by atoms with Crippen molar-refractivity contribution in [3.8, 4) is 0 Å². The number of benzene rings is 1. The Bertz CT molecular complexity index is 528. The predicted octanol–water partition coefficient (Wildman–Crippen LogP) is 0.820. The molecular weight excluding hydrogens is 306 g/mol. The molecular formula is C15H20ClN3O3. The smallest absolute Gasteiger partial charge is 0.262 e. The van der Waals surface area contributed by atoms with E-state index in [4.69, 9.17) is 0 Å². The third-order valence-electron chi connectivity index (χ3n) is 3.23. The topological polar surface area (TPSA) is 78.5 Å². The van der Waals surface area contributed by atoms with Crippen molar-refractivity contribution in [3.05, 3.63) is 35.4 Å². The summed E-state index contributed by atoms with van der Waals surface area (Å²) in [5.74, 6) is -1.15. The van der Waals surface area contributed by atoms with Gasteiger partial charge in [0.2, 0.25) is 5.91 Å². The van der Waals surface area contributed by atoms with E-state index >= 15 is 0 Å². The zero-order valence-corrected chi connectivity index (χ0v) is 13.2. The van der Waals surface area contributed by atoms with Crippen molar-refractivity contribution in [2.45, 2.75) is 13.3 Å². The molecule has 0 aliphatic carbocycles. The molecule has 1 aliphatic rings. The molecule has 0 unspecified atom stereocenters. The number of rotatable bonds is 7. The summed E-state index contributed by atoms with van der Waals surface area (Å²) in [6, 6.07) is 6.60. The van der Waals surface area contributed by atoms with Crippen molar-refractivity contribution in [2.75, 3.05) is 26.2 Å². The minimum atomic E-state index is -0.408. The number of hydrogen-bond donors (Lipinski definition) is 2. The summed E-state index contributed by atoms with van der Waals surface area (Å²) in [4.78, 5) is 36.9. The number of carbonyl (C=O) groups is 3. The molecule has 6 nitrogen and oxygen atoms in total. The first-order valence-corrected chi connectivity index (χ1v) is 7.07. The van der Waals surface area contributed by atoms with Gasteiger partial charge in [-0.25, -0.2) is 0 Å². The van der Waals surface area contributed by atoms with E-state index < -0.39 is 11.8 Å². The third-order valence-corrected chi connectivity index (χ3v) is 3.23. The molecule has 0 atom stereocenters. The highest BCUT2D eigenvalue weighted by atomic mass is 35.5. The lowest BCUT2D eigenvalue weighted by Crippen LogP contribution is -2.42. The van der Waals surface area contributed by atoms with Gasteiger partial charge in [-0.15, -0.1) is 12.4 Å². The number of fused-ring (bicyclic) bond motifs is 1. The molecule has 0 saturated heterocycles. The summed E-state index contributed by atoms with van der Waals surface area (Å²) < 4.78 is 0. The normalized spacial score (nSPS) is 12.9. The fraction of sp³-hybridized carbons (Fsp3) is 0.400. The van der Waals surface area contributed by atoms with Gasteiger partial charge >= 0.3 is 0 Å². The Kier molecular flexibility index (Phi) is 7.01. The average Bonchev–Trinajstić information content (AvgIpc) is 2.73. The molecule has 3 amide bonds. The van der Waals surface area contributed by atoms with E-state index in [2.05, 4.69) is 17.6 Å².